The molecule has 3 aromatic rings. The highest BCUT2D eigenvalue weighted by atomic mass is 19.1. The number of aliphatic hydroxyl groups is 1. The number of hydrogen-bond acceptors (Lipinski definition) is 6. The molecular formula is C29H38FN5O3. The Kier molecular flexibility index (Phi) is 8.81. The summed E-state index contributed by atoms with van der Waals surface area (Å²) in [5.74, 6) is 0.628. The van der Waals surface area contributed by atoms with Crippen LogP contribution in [0.4, 0.5) is 9.18 Å². The maximum Gasteiger partial charge on any atom is 0.429 e. The lowest BCUT2D eigenvalue weighted by Crippen LogP contribution is -2.48. The number of aromatic nitrogens is 2. The molecule has 9 heteroatoms. The first kappa shape index (κ1) is 27.8. The van der Waals surface area contributed by atoms with E-state index in [1.54, 1.807) is 0 Å². The molecule has 2 aromatic carbocycles. The average Bonchev–Trinajstić information content (AvgIpc) is 3.49. The van der Waals surface area contributed by atoms with E-state index in [1.807, 2.05) is 92.2 Å². The van der Waals surface area contributed by atoms with Gasteiger partial charge in [0, 0.05) is 31.4 Å². The number of amides is 1. The van der Waals surface area contributed by atoms with Crippen LogP contribution >= 0.6 is 0 Å². The number of hydrogen-bond donors (Lipinski definition) is 2. The molecule has 0 aliphatic carbocycles. The third-order valence-corrected chi connectivity index (χ3v) is 6.67. The number of rotatable bonds is 9. The number of aliphatic hydroxyl groups excluding tert-OH is 1. The van der Waals surface area contributed by atoms with Crippen LogP contribution in [0.5, 0.6) is 0 Å². The number of hydroxylamine groups is 2. The largest absolute Gasteiger partial charge is 0.429 e. The van der Waals surface area contributed by atoms with Gasteiger partial charge in [0.15, 0.2) is 0 Å². The van der Waals surface area contributed by atoms with Crippen molar-refractivity contribution in [1.29, 1.82) is 0 Å². The van der Waals surface area contributed by atoms with Gasteiger partial charge < -0.3 is 20.2 Å². The van der Waals surface area contributed by atoms with Crippen LogP contribution in [0.1, 0.15) is 44.6 Å². The second-order valence-electron chi connectivity index (χ2n) is 10.9. The average molecular weight is 524 g/mol. The molecule has 8 nitrogen and oxygen atoms in total. The molecule has 4 rings (SSSR count). The molecule has 1 fully saturated rings. The molecule has 38 heavy (non-hydrogen) atoms. The lowest BCUT2D eigenvalue weighted by molar-refractivity contribution is -0.110. The quantitative estimate of drug-likeness (QED) is 0.432. The fourth-order valence-electron chi connectivity index (χ4n) is 4.83. The Morgan fingerprint density at radius 1 is 1.18 bits per heavy atom. The second-order valence-corrected chi connectivity index (χ2v) is 10.9. The molecule has 1 saturated heterocycles. The summed E-state index contributed by atoms with van der Waals surface area (Å²) in [6, 6.07) is 19.2. The van der Waals surface area contributed by atoms with Crippen LogP contribution in [-0.4, -0.2) is 69.2 Å². The Bertz CT molecular complexity index is 1180. The summed E-state index contributed by atoms with van der Waals surface area (Å²) in [4.78, 5) is 25.7. The first-order valence-corrected chi connectivity index (χ1v) is 13.1. The molecule has 0 saturated carbocycles. The van der Waals surface area contributed by atoms with E-state index < -0.39 is 29.8 Å². The van der Waals surface area contributed by atoms with Crippen molar-refractivity contribution in [1.82, 2.24) is 19.5 Å². The first-order chi connectivity index (χ1) is 18.2. The molecule has 0 spiro atoms. The molecule has 204 valence electrons. The number of β-amino-alcohol motifs (C(OH)–C–C–N with tert-alkyl or cyclic N) is 1. The van der Waals surface area contributed by atoms with Crippen molar-refractivity contribution in [2.45, 2.75) is 52.1 Å². The Balaban J connectivity index is 1.79. The molecule has 0 bridgehead atoms. The third kappa shape index (κ3) is 6.78. The number of carbonyl (C=O) groups is 1. The fraction of sp³-hybridized carbons (Fsp3) is 0.448. The van der Waals surface area contributed by atoms with Crippen LogP contribution in [-0.2, 0) is 11.4 Å². The minimum atomic E-state index is -1.44. The molecule has 0 unspecified atom stereocenters. The lowest BCUT2D eigenvalue weighted by atomic mass is 9.84. The lowest BCUT2D eigenvalue weighted by Gasteiger charge is -2.40. The van der Waals surface area contributed by atoms with Gasteiger partial charge in [-0.05, 0) is 17.4 Å². The molecule has 1 aromatic heterocycles. The summed E-state index contributed by atoms with van der Waals surface area (Å²) < 4.78 is 16.9. The molecule has 1 aliphatic rings. The van der Waals surface area contributed by atoms with Gasteiger partial charge >= 0.3 is 6.09 Å². The van der Waals surface area contributed by atoms with Crippen molar-refractivity contribution in [2.24, 2.45) is 11.1 Å². The highest BCUT2D eigenvalue weighted by Gasteiger charge is 2.41. The topological polar surface area (TPSA) is 96.9 Å². The predicted molar refractivity (Wildman–Crippen MR) is 145 cm³/mol. The van der Waals surface area contributed by atoms with Crippen LogP contribution in [0, 0.1) is 5.41 Å². The van der Waals surface area contributed by atoms with Crippen molar-refractivity contribution in [3.8, 4) is 11.3 Å². The van der Waals surface area contributed by atoms with Crippen molar-refractivity contribution < 1.29 is 19.1 Å². The van der Waals surface area contributed by atoms with E-state index in [4.69, 9.17) is 15.6 Å². The van der Waals surface area contributed by atoms with Gasteiger partial charge in [0.05, 0.1) is 30.9 Å². The zero-order chi connectivity index (χ0) is 27.3. The second kappa shape index (κ2) is 12.1. The van der Waals surface area contributed by atoms with Gasteiger partial charge in [-0.2, -0.15) is 0 Å². The van der Waals surface area contributed by atoms with E-state index in [2.05, 4.69) is 0 Å². The van der Waals surface area contributed by atoms with Gasteiger partial charge in [-0.15, -0.1) is 5.06 Å². The summed E-state index contributed by atoms with van der Waals surface area (Å²) in [6.45, 7) is 6.68. The number of carbonyl (C=O) groups excluding carboxylic acids is 1. The fourth-order valence-corrected chi connectivity index (χ4v) is 4.83. The Hall–Kier alpha value is -3.27. The van der Waals surface area contributed by atoms with E-state index in [1.165, 1.54) is 9.96 Å². The Morgan fingerprint density at radius 2 is 1.84 bits per heavy atom. The van der Waals surface area contributed by atoms with Gasteiger partial charge in [0.1, 0.15) is 12.0 Å². The number of imidazole rings is 1. The van der Waals surface area contributed by atoms with Crippen molar-refractivity contribution in [2.75, 3.05) is 26.2 Å². The van der Waals surface area contributed by atoms with Gasteiger partial charge in [-0.25, -0.2) is 14.2 Å². The first-order valence-electron chi connectivity index (χ1n) is 13.1. The van der Waals surface area contributed by atoms with E-state index in [-0.39, 0.29) is 19.6 Å². The molecule has 1 aliphatic heterocycles. The van der Waals surface area contributed by atoms with Crippen molar-refractivity contribution in [3.05, 3.63) is 78.2 Å². The van der Waals surface area contributed by atoms with E-state index in [0.29, 0.717) is 25.3 Å². The van der Waals surface area contributed by atoms with E-state index in [9.17, 15) is 14.3 Å². The number of benzene rings is 2. The van der Waals surface area contributed by atoms with Crippen molar-refractivity contribution >= 4 is 6.09 Å². The molecule has 2 heterocycles. The van der Waals surface area contributed by atoms with Crippen LogP contribution in [0.2, 0.25) is 0 Å². The summed E-state index contributed by atoms with van der Waals surface area (Å²) >= 11 is 0. The SMILES string of the molecule is CC(C)(C)[C@H](c1nc(-c2ccccc2)cn1Cc1ccccc1)N(C[C@H](F)CN)C(=O)ON1CC[C@@H](O)C1. The minimum absolute atomic E-state index is 0.219. The number of nitrogens with zero attached hydrogens (tertiary/aromatic N) is 4. The predicted octanol–water partition coefficient (Wildman–Crippen LogP) is 4.40. The monoisotopic (exact) mass is 523 g/mol. The summed E-state index contributed by atoms with van der Waals surface area (Å²) in [5, 5.41) is 11.3. The zero-order valence-electron chi connectivity index (χ0n) is 22.3. The van der Waals surface area contributed by atoms with Gasteiger partial charge in [0.2, 0.25) is 0 Å². The summed E-state index contributed by atoms with van der Waals surface area (Å²) in [5.41, 5.74) is 7.89. The van der Waals surface area contributed by atoms with Gasteiger partial charge in [-0.1, -0.05) is 81.4 Å². The molecule has 0 radical (unpaired) electrons. The minimum Gasteiger partial charge on any atom is -0.392 e. The molecular weight excluding hydrogens is 485 g/mol. The molecule has 3 atom stereocenters. The normalized spacial score (nSPS) is 17.8. The van der Waals surface area contributed by atoms with Crippen molar-refractivity contribution in [3.63, 3.8) is 0 Å². The smallest absolute Gasteiger partial charge is 0.392 e. The van der Waals surface area contributed by atoms with Crippen LogP contribution < -0.4 is 5.73 Å². The van der Waals surface area contributed by atoms with Gasteiger partial charge in [0.25, 0.3) is 0 Å². The molecule has 3 N–H and O–H groups in total. The summed E-state index contributed by atoms with van der Waals surface area (Å²) in [7, 11) is 0. The Morgan fingerprint density at radius 3 is 2.42 bits per heavy atom. The van der Waals surface area contributed by atoms with Crippen LogP contribution in [0.3, 0.4) is 0 Å². The molecule has 1 amide bonds. The highest BCUT2D eigenvalue weighted by Crippen LogP contribution is 2.39. The summed E-state index contributed by atoms with van der Waals surface area (Å²) in [6.07, 6.45) is -0.210. The van der Waals surface area contributed by atoms with Crippen LogP contribution in [0.25, 0.3) is 11.3 Å². The number of nitrogens with two attached hydrogens (primary N) is 1. The maximum atomic E-state index is 14.8. The van der Waals surface area contributed by atoms with Gasteiger partial charge in [-0.3, -0.25) is 4.90 Å². The zero-order valence-corrected chi connectivity index (χ0v) is 22.3. The van der Waals surface area contributed by atoms with E-state index in [0.717, 1.165) is 16.8 Å². The number of halogens is 1. The van der Waals surface area contributed by atoms with E-state index >= 15 is 0 Å². The van der Waals surface area contributed by atoms with Crippen LogP contribution in [0.15, 0.2) is 66.9 Å². The highest BCUT2D eigenvalue weighted by molar-refractivity contribution is 5.68. The third-order valence-electron chi connectivity index (χ3n) is 6.67. The Labute approximate surface area is 223 Å². The standard InChI is InChI=1S/C29H38FN5O3/c1-29(2,3)26(35(18-23(30)16-31)28(37)38-34-15-14-24(36)19-34)27-32-25(22-12-8-5-9-13-22)20-33(27)17-21-10-6-4-7-11-21/h4-13,20,23-24,26,36H,14-19,31H2,1-3H3/t23-,24-,26+/m1/s1. The maximum absolute atomic E-state index is 14.8. The number of alkyl halides is 1.